The van der Waals surface area contributed by atoms with E-state index >= 15 is 0 Å². The summed E-state index contributed by atoms with van der Waals surface area (Å²) in [6, 6.07) is 5.87. The van der Waals surface area contributed by atoms with E-state index in [4.69, 9.17) is 9.47 Å². The van der Waals surface area contributed by atoms with E-state index in [1.807, 2.05) is 0 Å². The number of nitriles is 1. The number of carbonyl (C=O) groups is 2. The normalized spacial score (nSPS) is 25.1. The Morgan fingerprint density at radius 3 is 2.50 bits per heavy atom. The van der Waals surface area contributed by atoms with Crippen molar-refractivity contribution in [3.8, 4) is 6.07 Å². The minimum Gasteiger partial charge on any atom is -0.367 e. The van der Waals surface area contributed by atoms with Crippen molar-refractivity contribution in [2.24, 2.45) is 5.41 Å². The first-order valence-electron chi connectivity index (χ1n) is 9.81. The fourth-order valence-corrected chi connectivity index (χ4v) is 4.50. The van der Waals surface area contributed by atoms with Gasteiger partial charge in [0.1, 0.15) is 17.5 Å². The summed E-state index contributed by atoms with van der Waals surface area (Å²) in [7, 11) is 0.699. The number of rotatable bonds is 3. The van der Waals surface area contributed by atoms with Crippen molar-refractivity contribution in [2.75, 3.05) is 26.8 Å². The molecule has 2 atom stereocenters. The van der Waals surface area contributed by atoms with E-state index in [-0.39, 0.29) is 31.7 Å². The highest BCUT2D eigenvalue weighted by Crippen LogP contribution is 2.46. The predicted molar refractivity (Wildman–Crippen MR) is 104 cm³/mol. The zero-order chi connectivity index (χ0) is 23.9. The number of ketones is 1. The van der Waals surface area contributed by atoms with Crippen LogP contribution in [0.2, 0.25) is 0 Å². The molecule has 3 rings (SSSR count). The second kappa shape index (κ2) is 7.98. The van der Waals surface area contributed by atoms with Gasteiger partial charge in [-0.25, -0.2) is 4.39 Å². The lowest BCUT2D eigenvalue weighted by Crippen LogP contribution is -2.63. The van der Waals surface area contributed by atoms with E-state index in [2.05, 4.69) is 0 Å². The van der Waals surface area contributed by atoms with Crippen LogP contribution in [0.15, 0.2) is 35.9 Å². The molecule has 1 amide bonds. The Morgan fingerprint density at radius 2 is 1.94 bits per heavy atom. The summed E-state index contributed by atoms with van der Waals surface area (Å²) in [6.07, 6.45) is -3.95. The van der Waals surface area contributed by atoms with Crippen LogP contribution in [-0.4, -0.2) is 55.2 Å². The first-order chi connectivity index (χ1) is 14.8. The van der Waals surface area contributed by atoms with E-state index in [0.717, 1.165) is 17.0 Å². The third-order valence-electron chi connectivity index (χ3n) is 5.88. The summed E-state index contributed by atoms with van der Waals surface area (Å²) in [5, 5.41) is 9.35. The summed E-state index contributed by atoms with van der Waals surface area (Å²) in [5.41, 5.74) is -7.07. The number of carbonyl (C=O) groups excluding carboxylic acids is 2. The Hall–Kier alpha value is -2.77. The first-order valence-corrected chi connectivity index (χ1v) is 9.81. The number of Topliss-reactive ketones (excluding diaryl/α,β-unsaturated/α-hetero) is 1. The Kier molecular flexibility index (Phi) is 5.95. The molecule has 1 aromatic carbocycles. The van der Waals surface area contributed by atoms with E-state index in [1.165, 1.54) is 18.2 Å². The lowest BCUT2D eigenvalue weighted by molar-refractivity contribution is -0.273. The number of amides is 1. The number of morpholine rings is 1. The molecule has 0 radical (unpaired) electrons. The largest absolute Gasteiger partial charge is 0.431 e. The molecule has 2 unspecified atom stereocenters. The highest BCUT2D eigenvalue weighted by molar-refractivity contribution is 6.04. The molecule has 2 aliphatic rings. The van der Waals surface area contributed by atoms with Crippen molar-refractivity contribution in [1.29, 1.82) is 5.26 Å². The van der Waals surface area contributed by atoms with Crippen LogP contribution in [0, 0.1) is 22.6 Å². The molecule has 10 heteroatoms. The molecular weight excluding hydrogens is 432 g/mol. The third kappa shape index (κ3) is 3.69. The van der Waals surface area contributed by atoms with Crippen molar-refractivity contribution in [3.63, 3.8) is 0 Å². The molecule has 1 spiro atoms. The number of hydrogen-bond donors (Lipinski definition) is 0. The Balaban J connectivity index is 2.08. The van der Waals surface area contributed by atoms with Crippen LogP contribution in [0.3, 0.4) is 0 Å². The molecule has 32 heavy (non-hydrogen) atoms. The maximum atomic E-state index is 14.5. The topological polar surface area (TPSA) is 79.6 Å². The number of methoxy groups -OCH3 is 1. The number of alkyl halides is 3. The van der Waals surface area contributed by atoms with Crippen LogP contribution in [0.1, 0.15) is 25.8 Å². The second-order valence-corrected chi connectivity index (χ2v) is 8.56. The minimum absolute atomic E-state index is 0.0551. The Morgan fingerprint density at radius 1 is 1.28 bits per heavy atom. The number of nitrogens with zero attached hydrogens (tertiary/aromatic N) is 2. The van der Waals surface area contributed by atoms with Gasteiger partial charge in [-0.3, -0.25) is 9.59 Å². The van der Waals surface area contributed by atoms with Gasteiger partial charge in [0, 0.05) is 24.6 Å². The average Bonchev–Trinajstić information content (AvgIpc) is 2.71. The van der Waals surface area contributed by atoms with Gasteiger partial charge >= 0.3 is 6.18 Å². The number of benzene rings is 1. The molecule has 0 bridgehead atoms. The zero-order valence-electron chi connectivity index (χ0n) is 17.8. The first kappa shape index (κ1) is 23.9. The molecule has 1 aliphatic carbocycles. The zero-order valence-corrected chi connectivity index (χ0v) is 17.8. The smallest absolute Gasteiger partial charge is 0.367 e. The third-order valence-corrected chi connectivity index (χ3v) is 5.88. The lowest BCUT2D eigenvalue weighted by Gasteiger charge is -2.48. The quantitative estimate of drug-likeness (QED) is 0.655. The highest BCUT2D eigenvalue weighted by atomic mass is 19.4. The second-order valence-electron chi connectivity index (χ2n) is 8.56. The average molecular weight is 454 g/mol. The van der Waals surface area contributed by atoms with Gasteiger partial charge in [0.25, 0.3) is 11.5 Å². The van der Waals surface area contributed by atoms with Gasteiger partial charge in [0.05, 0.1) is 18.7 Å². The summed E-state index contributed by atoms with van der Waals surface area (Å²) >= 11 is 0. The lowest BCUT2D eigenvalue weighted by atomic mass is 9.69. The van der Waals surface area contributed by atoms with Gasteiger partial charge in [-0.1, -0.05) is 32.0 Å². The molecular formula is C22H22F4N2O4. The van der Waals surface area contributed by atoms with E-state index in [9.17, 15) is 32.4 Å². The summed E-state index contributed by atoms with van der Waals surface area (Å²) in [6.45, 7) is 2.49. The number of hydrogen-bond acceptors (Lipinski definition) is 5. The van der Waals surface area contributed by atoms with Gasteiger partial charge in [0.15, 0.2) is 5.78 Å². The maximum absolute atomic E-state index is 14.5. The fourth-order valence-electron chi connectivity index (χ4n) is 4.50. The van der Waals surface area contributed by atoms with Gasteiger partial charge in [-0.05, 0) is 18.6 Å². The molecule has 1 fully saturated rings. The molecule has 0 aromatic heterocycles. The van der Waals surface area contributed by atoms with Crippen LogP contribution in [0.4, 0.5) is 17.6 Å². The van der Waals surface area contributed by atoms with Crippen molar-refractivity contribution in [3.05, 3.63) is 47.3 Å². The van der Waals surface area contributed by atoms with Crippen LogP contribution in [0.5, 0.6) is 0 Å². The monoisotopic (exact) mass is 454 g/mol. The van der Waals surface area contributed by atoms with E-state index in [1.54, 1.807) is 19.9 Å². The molecule has 6 nitrogen and oxygen atoms in total. The van der Waals surface area contributed by atoms with Gasteiger partial charge < -0.3 is 14.4 Å². The van der Waals surface area contributed by atoms with Crippen LogP contribution in [0.25, 0.3) is 0 Å². The number of halogens is 4. The van der Waals surface area contributed by atoms with E-state index < -0.39 is 45.9 Å². The van der Waals surface area contributed by atoms with Crippen molar-refractivity contribution in [2.45, 2.75) is 37.6 Å². The number of allylic oxidation sites excluding steroid dienone is 1. The maximum Gasteiger partial charge on any atom is 0.431 e. The minimum atomic E-state index is -5.28. The van der Waals surface area contributed by atoms with Gasteiger partial charge in [-0.2, -0.15) is 18.4 Å². The van der Waals surface area contributed by atoms with Crippen LogP contribution in [-0.2, 0) is 24.7 Å². The van der Waals surface area contributed by atoms with Crippen molar-refractivity contribution in [1.82, 2.24) is 4.90 Å². The molecule has 1 saturated heterocycles. The predicted octanol–water partition coefficient (Wildman–Crippen LogP) is 3.28. The summed E-state index contributed by atoms with van der Waals surface area (Å²) < 4.78 is 67.9. The standard InChI is InChI=1S/C22H22F4N2O4/c1-19(2)12-20(10-14(11-27)17(19)29)13-28(8-9-32-20)18(30)21(31-3,22(24,25)26)15-6-4-5-7-16(15)23/h4-7,10H,8-9,12-13H2,1-3H3. The summed E-state index contributed by atoms with van der Waals surface area (Å²) in [4.78, 5) is 26.7. The summed E-state index contributed by atoms with van der Waals surface area (Å²) in [5.74, 6) is -3.15. The van der Waals surface area contributed by atoms with Gasteiger partial charge in [-0.15, -0.1) is 0 Å². The molecule has 1 aromatic rings. The fraction of sp³-hybridized carbons (Fsp3) is 0.500. The molecule has 1 aliphatic heterocycles. The highest BCUT2D eigenvalue weighted by Gasteiger charge is 2.65. The molecule has 1 heterocycles. The van der Waals surface area contributed by atoms with Crippen LogP contribution < -0.4 is 0 Å². The molecule has 0 saturated carbocycles. The Bertz CT molecular complexity index is 1010. The Labute approximate surface area is 182 Å². The van der Waals surface area contributed by atoms with Crippen LogP contribution >= 0.6 is 0 Å². The molecule has 172 valence electrons. The van der Waals surface area contributed by atoms with E-state index in [0.29, 0.717) is 7.11 Å². The SMILES string of the molecule is COC(C(=O)N1CCOC2(C=C(C#N)C(=O)C(C)(C)C2)C1)(c1ccccc1F)C(F)(F)F. The van der Waals surface area contributed by atoms with Crippen molar-refractivity contribution >= 4 is 11.7 Å². The number of ether oxygens (including phenoxy) is 2. The molecule has 0 N–H and O–H groups in total. The van der Waals surface area contributed by atoms with Gasteiger partial charge in [0.2, 0.25) is 0 Å². The van der Waals surface area contributed by atoms with Crippen molar-refractivity contribution < 1.29 is 36.6 Å².